The van der Waals surface area contributed by atoms with Gasteiger partial charge in [-0.1, -0.05) is 11.6 Å². The minimum absolute atomic E-state index is 0.0287. The molecule has 0 aliphatic heterocycles. The molecular weight excluding hydrogens is 244 g/mol. The minimum Gasteiger partial charge on any atom is -0.271 e. The SMILES string of the molecule is NNC(Cc1cncs1)c1ccnc(Cl)c1. The van der Waals surface area contributed by atoms with E-state index < -0.39 is 0 Å². The van der Waals surface area contributed by atoms with Crippen molar-refractivity contribution in [3.63, 3.8) is 0 Å². The fraction of sp³-hybridized carbons (Fsp3) is 0.200. The summed E-state index contributed by atoms with van der Waals surface area (Å²) in [7, 11) is 0. The summed E-state index contributed by atoms with van der Waals surface area (Å²) in [6.45, 7) is 0. The molecule has 6 heteroatoms. The van der Waals surface area contributed by atoms with Crippen LogP contribution in [0, 0.1) is 0 Å². The second-order valence-corrected chi connectivity index (χ2v) is 4.66. The van der Waals surface area contributed by atoms with Crippen LogP contribution in [-0.4, -0.2) is 9.97 Å². The Morgan fingerprint density at radius 2 is 2.44 bits per heavy atom. The molecule has 0 spiro atoms. The van der Waals surface area contributed by atoms with Crippen LogP contribution in [-0.2, 0) is 6.42 Å². The summed E-state index contributed by atoms with van der Waals surface area (Å²) in [6, 6.07) is 3.74. The molecule has 2 heterocycles. The van der Waals surface area contributed by atoms with E-state index in [-0.39, 0.29) is 6.04 Å². The third-order valence-electron chi connectivity index (χ3n) is 2.24. The van der Waals surface area contributed by atoms with Crippen molar-refractivity contribution >= 4 is 22.9 Å². The summed E-state index contributed by atoms with van der Waals surface area (Å²) in [5.74, 6) is 5.54. The highest BCUT2D eigenvalue weighted by molar-refractivity contribution is 7.09. The predicted molar refractivity (Wildman–Crippen MR) is 65.1 cm³/mol. The molecule has 2 rings (SSSR count). The van der Waals surface area contributed by atoms with E-state index in [1.54, 1.807) is 17.5 Å². The Hall–Kier alpha value is -1.01. The topological polar surface area (TPSA) is 63.8 Å². The molecule has 0 radical (unpaired) electrons. The van der Waals surface area contributed by atoms with Crippen molar-refractivity contribution in [2.45, 2.75) is 12.5 Å². The highest BCUT2D eigenvalue weighted by Gasteiger charge is 2.11. The molecule has 3 N–H and O–H groups in total. The number of rotatable bonds is 4. The molecule has 0 amide bonds. The van der Waals surface area contributed by atoms with Gasteiger partial charge in [-0.15, -0.1) is 11.3 Å². The first-order chi connectivity index (χ1) is 7.79. The zero-order valence-corrected chi connectivity index (χ0v) is 10.0. The van der Waals surface area contributed by atoms with Crippen molar-refractivity contribution in [2.24, 2.45) is 5.84 Å². The third-order valence-corrected chi connectivity index (χ3v) is 3.25. The van der Waals surface area contributed by atoms with Gasteiger partial charge in [0.15, 0.2) is 0 Å². The van der Waals surface area contributed by atoms with Crippen LogP contribution in [0.2, 0.25) is 5.15 Å². The van der Waals surface area contributed by atoms with Gasteiger partial charge in [0.25, 0.3) is 0 Å². The fourth-order valence-electron chi connectivity index (χ4n) is 1.45. The zero-order chi connectivity index (χ0) is 11.4. The lowest BCUT2D eigenvalue weighted by Gasteiger charge is -2.15. The van der Waals surface area contributed by atoms with Gasteiger partial charge in [-0.05, 0) is 17.7 Å². The van der Waals surface area contributed by atoms with Crippen LogP contribution in [0.15, 0.2) is 30.0 Å². The van der Waals surface area contributed by atoms with Crippen LogP contribution in [0.1, 0.15) is 16.5 Å². The van der Waals surface area contributed by atoms with E-state index in [1.165, 1.54) is 4.88 Å². The van der Waals surface area contributed by atoms with Gasteiger partial charge in [-0.25, -0.2) is 4.98 Å². The Kier molecular flexibility index (Phi) is 3.84. The number of hydrazine groups is 1. The largest absolute Gasteiger partial charge is 0.271 e. The maximum absolute atomic E-state index is 5.84. The minimum atomic E-state index is 0.0287. The number of nitrogens with one attached hydrogen (secondary N) is 1. The number of nitrogens with zero attached hydrogens (tertiary/aromatic N) is 2. The summed E-state index contributed by atoms with van der Waals surface area (Å²) in [5.41, 5.74) is 5.61. The number of pyridine rings is 1. The Morgan fingerprint density at radius 3 is 3.06 bits per heavy atom. The molecule has 0 aliphatic rings. The molecule has 1 unspecified atom stereocenters. The lowest BCUT2D eigenvalue weighted by Crippen LogP contribution is -2.29. The number of halogens is 1. The third kappa shape index (κ3) is 2.76. The maximum Gasteiger partial charge on any atom is 0.129 e. The highest BCUT2D eigenvalue weighted by atomic mass is 35.5. The van der Waals surface area contributed by atoms with Gasteiger partial charge >= 0.3 is 0 Å². The molecule has 0 fully saturated rings. The van der Waals surface area contributed by atoms with E-state index in [2.05, 4.69) is 15.4 Å². The van der Waals surface area contributed by atoms with E-state index >= 15 is 0 Å². The predicted octanol–water partition coefficient (Wildman–Crippen LogP) is 1.94. The first-order valence-corrected chi connectivity index (χ1v) is 6.00. The zero-order valence-electron chi connectivity index (χ0n) is 8.43. The highest BCUT2D eigenvalue weighted by Crippen LogP contribution is 2.21. The Labute approximate surface area is 102 Å². The van der Waals surface area contributed by atoms with Gasteiger partial charge in [-0.3, -0.25) is 16.3 Å². The van der Waals surface area contributed by atoms with Gasteiger partial charge in [0.05, 0.1) is 11.6 Å². The fourth-order valence-corrected chi connectivity index (χ4v) is 2.28. The van der Waals surface area contributed by atoms with Gasteiger partial charge < -0.3 is 0 Å². The van der Waals surface area contributed by atoms with E-state index in [0.29, 0.717) is 5.15 Å². The summed E-state index contributed by atoms with van der Waals surface area (Å²) in [5, 5.41) is 0.474. The number of hydrogen-bond donors (Lipinski definition) is 2. The monoisotopic (exact) mass is 254 g/mol. The van der Waals surface area contributed by atoms with Crippen molar-refractivity contribution in [2.75, 3.05) is 0 Å². The van der Waals surface area contributed by atoms with Crippen LogP contribution in [0.4, 0.5) is 0 Å². The molecule has 0 bridgehead atoms. The molecular formula is C10H11ClN4S. The lowest BCUT2D eigenvalue weighted by atomic mass is 10.1. The second-order valence-electron chi connectivity index (χ2n) is 3.30. The molecule has 0 aliphatic carbocycles. The average molecular weight is 255 g/mol. The van der Waals surface area contributed by atoms with Gasteiger partial charge in [0.2, 0.25) is 0 Å². The van der Waals surface area contributed by atoms with E-state index in [9.17, 15) is 0 Å². The molecule has 4 nitrogen and oxygen atoms in total. The van der Waals surface area contributed by atoms with Gasteiger partial charge in [-0.2, -0.15) is 0 Å². The van der Waals surface area contributed by atoms with Crippen molar-refractivity contribution in [1.29, 1.82) is 0 Å². The number of aromatic nitrogens is 2. The average Bonchev–Trinajstić information content (AvgIpc) is 2.78. The van der Waals surface area contributed by atoms with Crippen LogP contribution < -0.4 is 11.3 Å². The summed E-state index contributed by atoms with van der Waals surface area (Å²) >= 11 is 7.45. The molecule has 16 heavy (non-hydrogen) atoms. The molecule has 2 aromatic heterocycles. The maximum atomic E-state index is 5.84. The van der Waals surface area contributed by atoms with Crippen molar-refractivity contribution < 1.29 is 0 Å². The summed E-state index contributed by atoms with van der Waals surface area (Å²) in [6.07, 6.45) is 4.31. The molecule has 0 saturated heterocycles. The van der Waals surface area contributed by atoms with Crippen molar-refractivity contribution in [3.8, 4) is 0 Å². The van der Waals surface area contributed by atoms with E-state index in [0.717, 1.165) is 12.0 Å². The number of thiazole rings is 1. The number of hydrogen-bond acceptors (Lipinski definition) is 5. The molecule has 2 aromatic rings. The number of nitrogens with two attached hydrogens (primary N) is 1. The van der Waals surface area contributed by atoms with Crippen molar-refractivity contribution in [1.82, 2.24) is 15.4 Å². The first kappa shape index (κ1) is 11.5. The smallest absolute Gasteiger partial charge is 0.129 e. The van der Waals surface area contributed by atoms with Crippen molar-refractivity contribution in [3.05, 3.63) is 45.6 Å². The van der Waals surface area contributed by atoms with Crippen LogP contribution in [0.3, 0.4) is 0 Å². The molecule has 0 saturated carbocycles. The molecule has 0 aromatic carbocycles. The van der Waals surface area contributed by atoms with Crippen LogP contribution in [0.5, 0.6) is 0 Å². The molecule has 1 atom stereocenters. The Balaban J connectivity index is 2.16. The van der Waals surface area contributed by atoms with Gasteiger partial charge in [0, 0.05) is 23.7 Å². The van der Waals surface area contributed by atoms with E-state index in [1.807, 2.05) is 23.8 Å². The normalized spacial score (nSPS) is 12.6. The van der Waals surface area contributed by atoms with E-state index in [4.69, 9.17) is 17.4 Å². The Bertz CT molecular complexity index is 446. The first-order valence-electron chi connectivity index (χ1n) is 4.74. The lowest BCUT2D eigenvalue weighted by molar-refractivity contribution is 0.555. The summed E-state index contributed by atoms with van der Waals surface area (Å²) in [4.78, 5) is 9.15. The Morgan fingerprint density at radius 1 is 1.56 bits per heavy atom. The van der Waals surface area contributed by atoms with Crippen LogP contribution >= 0.6 is 22.9 Å². The second kappa shape index (κ2) is 5.36. The molecule has 84 valence electrons. The van der Waals surface area contributed by atoms with Gasteiger partial charge in [0.1, 0.15) is 5.15 Å². The standard InChI is InChI=1S/C10H11ClN4S/c11-10-3-7(1-2-14-10)9(15-12)4-8-5-13-6-16-8/h1-3,5-6,9,15H,4,12H2. The quantitative estimate of drug-likeness (QED) is 0.497. The van der Waals surface area contributed by atoms with Crippen LogP contribution in [0.25, 0.3) is 0 Å². The summed E-state index contributed by atoms with van der Waals surface area (Å²) < 4.78 is 0.